The number of rotatable bonds is 5. The minimum atomic E-state index is -0.501. The molecule has 1 aliphatic rings. The summed E-state index contributed by atoms with van der Waals surface area (Å²) in [6, 6.07) is 8.69. The van der Waals surface area contributed by atoms with Crippen LogP contribution in [0.3, 0.4) is 0 Å². The van der Waals surface area contributed by atoms with Gasteiger partial charge in [0, 0.05) is 26.2 Å². The number of benzene rings is 1. The van der Waals surface area contributed by atoms with Gasteiger partial charge in [0.15, 0.2) is 0 Å². The standard InChI is InChI=1S/C16H26N2O/c1-3-17-13-16(19)7-9-18(10-8-16)12-15-6-4-5-14(2)11-15/h4-6,11,17,19H,3,7-10,12-13H2,1-2H3. The molecule has 0 atom stereocenters. The molecule has 1 fully saturated rings. The van der Waals surface area contributed by atoms with Crippen molar-refractivity contribution in [2.24, 2.45) is 0 Å². The van der Waals surface area contributed by atoms with Gasteiger partial charge in [-0.05, 0) is 31.9 Å². The second-order valence-corrected chi connectivity index (χ2v) is 5.77. The van der Waals surface area contributed by atoms with E-state index in [9.17, 15) is 5.11 Å². The van der Waals surface area contributed by atoms with E-state index in [1.807, 2.05) is 0 Å². The SMILES string of the molecule is CCNCC1(O)CCN(Cc2cccc(C)c2)CC1. The Morgan fingerprint density at radius 2 is 2.05 bits per heavy atom. The maximum atomic E-state index is 10.4. The van der Waals surface area contributed by atoms with Crippen LogP contribution in [0.15, 0.2) is 24.3 Å². The second kappa shape index (κ2) is 6.51. The predicted octanol–water partition coefficient (Wildman–Crippen LogP) is 1.93. The number of likely N-dealkylation sites (N-methyl/N-ethyl adjacent to an activating group) is 1. The fraction of sp³-hybridized carbons (Fsp3) is 0.625. The average Bonchev–Trinajstić information content (AvgIpc) is 2.40. The molecule has 2 rings (SSSR count). The first-order chi connectivity index (χ1) is 9.11. The Kier molecular flexibility index (Phi) is 4.97. The third-order valence-electron chi connectivity index (χ3n) is 3.98. The summed E-state index contributed by atoms with van der Waals surface area (Å²) in [4.78, 5) is 2.44. The number of aliphatic hydroxyl groups is 1. The van der Waals surface area contributed by atoms with Crippen LogP contribution in [0.5, 0.6) is 0 Å². The van der Waals surface area contributed by atoms with Crippen molar-refractivity contribution in [3.8, 4) is 0 Å². The van der Waals surface area contributed by atoms with E-state index in [2.05, 4.69) is 48.3 Å². The Balaban J connectivity index is 1.83. The van der Waals surface area contributed by atoms with Crippen molar-refractivity contribution < 1.29 is 5.11 Å². The summed E-state index contributed by atoms with van der Waals surface area (Å²) >= 11 is 0. The zero-order chi connectivity index (χ0) is 13.7. The highest BCUT2D eigenvalue weighted by molar-refractivity contribution is 5.22. The molecule has 0 spiro atoms. The molecule has 0 bridgehead atoms. The van der Waals surface area contributed by atoms with Crippen LogP contribution in [-0.4, -0.2) is 41.8 Å². The molecule has 1 aromatic carbocycles. The first kappa shape index (κ1) is 14.5. The molecule has 1 saturated heterocycles. The molecule has 3 heteroatoms. The van der Waals surface area contributed by atoms with Crippen molar-refractivity contribution >= 4 is 0 Å². The van der Waals surface area contributed by atoms with Crippen molar-refractivity contribution in [3.05, 3.63) is 35.4 Å². The maximum Gasteiger partial charge on any atom is 0.0795 e. The molecule has 3 nitrogen and oxygen atoms in total. The van der Waals surface area contributed by atoms with Gasteiger partial charge in [0.2, 0.25) is 0 Å². The van der Waals surface area contributed by atoms with E-state index in [0.29, 0.717) is 0 Å². The molecule has 1 aliphatic heterocycles. The molecule has 0 saturated carbocycles. The number of likely N-dealkylation sites (tertiary alicyclic amines) is 1. The zero-order valence-electron chi connectivity index (χ0n) is 12.2. The van der Waals surface area contributed by atoms with E-state index in [4.69, 9.17) is 0 Å². The molecule has 19 heavy (non-hydrogen) atoms. The van der Waals surface area contributed by atoms with Crippen LogP contribution in [0.25, 0.3) is 0 Å². The van der Waals surface area contributed by atoms with Crippen molar-refractivity contribution in [2.75, 3.05) is 26.2 Å². The monoisotopic (exact) mass is 262 g/mol. The molecule has 0 amide bonds. The van der Waals surface area contributed by atoms with Gasteiger partial charge in [0.25, 0.3) is 0 Å². The van der Waals surface area contributed by atoms with Crippen LogP contribution in [0, 0.1) is 6.92 Å². The number of aryl methyl sites for hydroxylation is 1. The van der Waals surface area contributed by atoms with Gasteiger partial charge >= 0.3 is 0 Å². The van der Waals surface area contributed by atoms with Gasteiger partial charge in [-0.2, -0.15) is 0 Å². The Morgan fingerprint density at radius 1 is 1.32 bits per heavy atom. The molecule has 1 heterocycles. The summed E-state index contributed by atoms with van der Waals surface area (Å²) in [5, 5.41) is 13.7. The Morgan fingerprint density at radius 3 is 2.68 bits per heavy atom. The van der Waals surface area contributed by atoms with Gasteiger partial charge < -0.3 is 10.4 Å². The topological polar surface area (TPSA) is 35.5 Å². The lowest BCUT2D eigenvalue weighted by molar-refractivity contribution is -0.0213. The molecular formula is C16H26N2O. The lowest BCUT2D eigenvalue weighted by atomic mass is 9.91. The van der Waals surface area contributed by atoms with Gasteiger partial charge in [-0.25, -0.2) is 0 Å². The molecule has 0 aliphatic carbocycles. The highest BCUT2D eigenvalue weighted by Gasteiger charge is 2.31. The average molecular weight is 262 g/mol. The molecule has 106 valence electrons. The maximum absolute atomic E-state index is 10.4. The van der Waals surface area contributed by atoms with Crippen LogP contribution in [-0.2, 0) is 6.54 Å². The van der Waals surface area contributed by atoms with E-state index < -0.39 is 5.60 Å². The highest BCUT2D eigenvalue weighted by Crippen LogP contribution is 2.22. The van der Waals surface area contributed by atoms with E-state index in [1.54, 1.807) is 0 Å². The van der Waals surface area contributed by atoms with Crippen LogP contribution in [0.1, 0.15) is 30.9 Å². The lowest BCUT2D eigenvalue weighted by Crippen LogP contribution is -2.49. The second-order valence-electron chi connectivity index (χ2n) is 5.77. The summed E-state index contributed by atoms with van der Waals surface area (Å²) in [5.41, 5.74) is 2.19. The Bertz CT molecular complexity index is 397. The molecule has 1 aromatic rings. The number of hydrogen-bond donors (Lipinski definition) is 2. The number of hydrogen-bond acceptors (Lipinski definition) is 3. The summed E-state index contributed by atoms with van der Waals surface area (Å²) < 4.78 is 0. The number of nitrogens with one attached hydrogen (secondary N) is 1. The fourth-order valence-corrected chi connectivity index (χ4v) is 2.73. The van der Waals surface area contributed by atoms with Crippen LogP contribution in [0.2, 0.25) is 0 Å². The van der Waals surface area contributed by atoms with Crippen LogP contribution >= 0.6 is 0 Å². The molecule has 2 N–H and O–H groups in total. The lowest BCUT2D eigenvalue weighted by Gasteiger charge is -2.38. The van der Waals surface area contributed by atoms with Gasteiger partial charge in [0.1, 0.15) is 0 Å². The third kappa shape index (κ3) is 4.30. The summed E-state index contributed by atoms with van der Waals surface area (Å²) in [6.07, 6.45) is 1.73. The van der Waals surface area contributed by atoms with Crippen LogP contribution < -0.4 is 5.32 Å². The minimum absolute atomic E-state index is 0.501. The number of piperidine rings is 1. The highest BCUT2D eigenvalue weighted by atomic mass is 16.3. The van der Waals surface area contributed by atoms with Crippen molar-refractivity contribution in [3.63, 3.8) is 0 Å². The summed E-state index contributed by atoms with van der Waals surface area (Å²) in [5.74, 6) is 0. The number of nitrogens with zero attached hydrogens (tertiary/aromatic N) is 1. The smallest absolute Gasteiger partial charge is 0.0795 e. The minimum Gasteiger partial charge on any atom is -0.388 e. The summed E-state index contributed by atoms with van der Waals surface area (Å²) in [7, 11) is 0. The Labute approximate surface area is 116 Å². The summed E-state index contributed by atoms with van der Waals surface area (Å²) in [6.45, 7) is 8.83. The van der Waals surface area contributed by atoms with Crippen molar-refractivity contribution in [2.45, 2.75) is 38.8 Å². The largest absolute Gasteiger partial charge is 0.388 e. The van der Waals surface area contributed by atoms with E-state index >= 15 is 0 Å². The van der Waals surface area contributed by atoms with Crippen LogP contribution in [0.4, 0.5) is 0 Å². The molecular weight excluding hydrogens is 236 g/mol. The molecule has 0 radical (unpaired) electrons. The van der Waals surface area contributed by atoms with Gasteiger partial charge in [0.05, 0.1) is 5.60 Å². The van der Waals surface area contributed by atoms with E-state index in [1.165, 1.54) is 11.1 Å². The Hall–Kier alpha value is -0.900. The molecule has 0 unspecified atom stereocenters. The van der Waals surface area contributed by atoms with Gasteiger partial charge in [-0.1, -0.05) is 36.8 Å². The van der Waals surface area contributed by atoms with E-state index in [0.717, 1.165) is 45.6 Å². The fourth-order valence-electron chi connectivity index (χ4n) is 2.73. The normalized spacial score (nSPS) is 19.5. The first-order valence-corrected chi connectivity index (χ1v) is 7.32. The van der Waals surface area contributed by atoms with Crippen molar-refractivity contribution in [1.29, 1.82) is 0 Å². The first-order valence-electron chi connectivity index (χ1n) is 7.32. The predicted molar refractivity (Wildman–Crippen MR) is 79.2 cm³/mol. The van der Waals surface area contributed by atoms with Crippen molar-refractivity contribution in [1.82, 2.24) is 10.2 Å². The van der Waals surface area contributed by atoms with Gasteiger partial charge in [-0.15, -0.1) is 0 Å². The molecule has 0 aromatic heterocycles. The van der Waals surface area contributed by atoms with E-state index in [-0.39, 0.29) is 0 Å². The quantitative estimate of drug-likeness (QED) is 0.851. The third-order valence-corrected chi connectivity index (χ3v) is 3.98. The van der Waals surface area contributed by atoms with Gasteiger partial charge in [-0.3, -0.25) is 4.90 Å². The zero-order valence-corrected chi connectivity index (χ0v) is 12.2.